The molecule has 4 heteroatoms. The minimum absolute atomic E-state index is 0.260. The second-order valence-corrected chi connectivity index (χ2v) is 9.87. The number of benzene rings is 2. The van der Waals surface area contributed by atoms with Crippen LogP contribution in [0.3, 0.4) is 0 Å². The highest BCUT2D eigenvalue weighted by Gasteiger charge is 2.42. The second kappa shape index (κ2) is 7.63. The van der Waals surface area contributed by atoms with E-state index in [0.717, 1.165) is 22.2 Å². The van der Waals surface area contributed by atoms with E-state index in [-0.39, 0.29) is 12.6 Å². The molecule has 1 aliphatic carbocycles. The number of carbonyl (C=O) groups excluding carboxylic acids is 1. The molecular weight excluding hydrogens is 335 g/mol. The maximum absolute atomic E-state index is 11.2. The molecule has 1 saturated carbocycles. The third-order valence-corrected chi connectivity index (χ3v) is 8.91. The van der Waals surface area contributed by atoms with Crippen molar-refractivity contribution in [1.82, 2.24) is 0 Å². The van der Waals surface area contributed by atoms with E-state index in [4.69, 9.17) is 16.5 Å². The number of ether oxygens (including phenoxy) is 1. The Morgan fingerprint density at radius 3 is 2.00 bits per heavy atom. The molecular formula is C20H18O2PS. The summed E-state index contributed by atoms with van der Waals surface area (Å²) in [6.07, 6.45) is 6.05. The lowest BCUT2D eigenvalue weighted by atomic mass is 10.1. The van der Waals surface area contributed by atoms with Crippen LogP contribution in [0.4, 0.5) is 0 Å². The zero-order chi connectivity index (χ0) is 17.0. The molecule has 0 unspecified atom stereocenters. The third-order valence-electron chi connectivity index (χ3n) is 3.89. The summed E-state index contributed by atoms with van der Waals surface area (Å²) in [5, 5.41) is 2.28. The van der Waals surface area contributed by atoms with Gasteiger partial charge in [0, 0.05) is 24.5 Å². The Labute approximate surface area is 149 Å². The SMILES string of the molecule is CC(=O)OC[C]1[CH][CH][CH][C]1P(=S)(c1ccccc1)c1ccccc1. The minimum Gasteiger partial charge on any atom is -0.465 e. The highest BCUT2D eigenvalue weighted by molar-refractivity contribution is 8.23. The molecule has 2 aromatic rings. The van der Waals surface area contributed by atoms with Crippen LogP contribution >= 0.6 is 6.04 Å². The molecule has 0 aliphatic heterocycles. The fourth-order valence-electron chi connectivity index (χ4n) is 2.76. The minimum atomic E-state index is -2.18. The topological polar surface area (TPSA) is 26.3 Å². The molecule has 5 radical (unpaired) electrons. The van der Waals surface area contributed by atoms with Crippen molar-refractivity contribution in [3.8, 4) is 0 Å². The number of rotatable bonds is 5. The molecule has 0 N–H and O–H groups in total. The van der Waals surface area contributed by atoms with Gasteiger partial charge in [0.2, 0.25) is 0 Å². The Balaban J connectivity index is 2.02. The molecule has 0 amide bonds. The first-order chi connectivity index (χ1) is 11.6. The van der Waals surface area contributed by atoms with Gasteiger partial charge in [-0.1, -0.05) is 72.5 Å². The van der Waals surface area contributed by atoms with E-state index in [1.165, 1.54) is 6.92 Å². The summed E-state index contributed by atoms with van der Waals surface area (Å²) < 4.78 is 5.23. The van der Waals surface area contributed by atoms with Crippen LogP contribution in [-0.2, 0) is 21.3 Å². The fourth-order valence-corrected chi connectivity index (χ4v) is 6.90. The van der Waals surface area contributed by atoms with Crippen LogP contribution in [0, 0.1) is 30.8 Å². The van der Waals surface area contributed by atoms with Crippen LogP contribution in [0.15, 0.2) is 60.7 Å². The predicted molar refractivity (Wildman–Crippen MR) is 102 cm³/mol. The average Bonchev–Trinajstić information content (AvgIpc) is 3.10. The summed E-state index contributed by atoms with van der Waals surface area (Å²) in [5.74, 6) is 0.705. The molecule has 121 valence electrons. The van der Waals surface area contributed by atoms with E-state index in [2.05, 4.69) is 30.7 Å². The van der Waals surface area contributed by atoms with Crippen molar-refractivity contribution in [3.05, 3.63) is 91.5 Å². The van der Waals surface area contributed by atoms with E-state index < -0.39 is 6.04 Å². The van der Waals surface area contributed by atoms with Crippen molar-refractivity contribution in [3.63, 3.8) is 0 Å². The summed E-state index contributed by atoms with van der Waals surface area (Å²) >= 11 is 6.29. The standard InChI is InChI=1S/C20H18O2PS/c1-16(21)22-15-17-9-8-14-20(17)23(24,18-10-4-2-5-11-18)19-12-6-3-7-13-19/h2-14H,15H2,1H3. The van der Waals surface area contributed by atoms with Crippen LogP contribution in [0.1, 0.15) is 6.92 Å². The molecule has 3 rings (SSSR count). The van der Waals surface area contributed by atoms with Crippen LogP contribution in [-0.4, -0.2) is 12.6 Å². The lowest BCUT2D eigenvalue weighted by molar-refractivity contribution is -0.140. The van der Waals surface area contributed by atoms with Crippen LogP contribution in [0.25, 0.3) is 0 Å². The van der Waals surface area contributed by atoms with Gasteiger partial charge >= 0.3 is 5.97 Å². The van der Waals surface area contributed by atoms with E-state index in [1.807, 2.05) is 49.2 Å². The predicted octanol–water partition coefficient (Wildman–Crippen LogP) is 3.41. The quantitative estimate of drug-likeness (QED) is 0.609. The number of esters is 1. The summed E-state index contributed by atoms with van der Waals surface area (Å²) in [6.45, 7) is 1.68. The summed E-state index contributed by atoms with van der Waals surface area (Å²) in [6, 6.07) is 18.3. The first-order valence-electron chi connectivity index (χ1n) is 7.72. The summed E-state index contributed by atoms with van der Waals surface area (Å²) in [7, 11) is 0. The normalized spacial score (nSPS) is 16.2. The van der Waals surface area contributed by atoms with Crippen molar-refractivity contribution in [2.24, 2.45) is 0 Å². The van der Waals surface area contributed by atoms with E-state index in [1.54, 1.807) is 0 Å². The maximum atomic E-state index is 11.2. The lowest BCUT2D eigenvalue weighted by Gasteiger charge is -2.32. The molecule has 0 heterocycles. The Bertz CT molecular complexity index is 686. The van der Waals surface area contributed by atoms with Crippen LogP contribution in [0.2, 0.25) is 0 Å². The van der Waals surface area contributed by atoms with Crippen molar-refractivity contribution >= 4 is 34.4 Å². The summed E-state index contributed by atoms with van der Waals surface area (Å²) in [5.41, 5.74) is 1.09. The van der Waals surface area contributed by atoms with Crippen molar-refractivity contribution < 1.29 is 9.53 Å². The highest BCUT2D eigenvalue weighted by Crippen LogP contribution is 2.62. The van der Waals surface area contributed by atoms with Gasteiger partial charge in [-0.05, 0) is 29.9 Å². The van der Waals surface area contributed by atoms with E-state index >= 15 is 0 Å². The molecule has 0 saturated heterocycles. The van der Waals surface area contributed by atoms with Gasteiger partial charge in [0.15, 0.2) is 0 Å². The Kier molecular flexibility index (Phi) is 5.53. The Hall–Kier alpha value is -1.44. The third kappa shape index (κ3) is 3.48. The van der Waals surface area contributed by atoms with Gasteiger partial charge in [-0.25, -0.2) is 0 Å². The maximum Gasteiger partial charge on any atom is 0.302 e. The molecule has 0 bridgehead atoms. The molecule has 0 spiro atoms. The van der Waals surface area contributed by atoms with Gasteiger partial charge in [0.1, 0.15) is 0 Å². The number of hydrogen-bond acceptors (Lipinski definition) is 3. The monoisotopic (exact) mass is 353 g/mol. The first-order valence-corrected chi connectivity index (χ1v) is 10.5. The van der Waals surface area contributed by atoms with Gasteiger partial charge in [-0.3, -0.25) is 4.79 Å². The molecule has 0 atom stereocenters. The largest absolute Gasteiger partial charge is 0.465 e. The van der Waals surface area contributed by atoms with Crippen LogP contribution < -0.4 is 10.6 Å². The molecule has 24 heavy (non-hydrogen) atoms. The van der Waals surface area contributed by atoms with Crippen molar-refractivity contribution in [2.75, 3.05) is 6.61 Å². The van der Waals surface area contributed by atoms with Crippen molar-refractivity contribution in [1.29, 1.82) is 0 Å². The van der Waals surface area contributed by atoms with Gasteiger partial charge < -0.3 is 4.74 Å². The van der Waals surface area contributed by atoms with Gasteiger partial charge in [-0.15, -0.1) is 0 Å². The molecule has 1 fully saturated rings. The molecule has 2 aromatic carbocycles. The second-order valence-electron chi connectivity index (χ2n) is 5.50. The molecule has 0 aromatic heterocycles. The van der Waals surface area contributed by atoms with Crippen molar-refractivity contribution in [2.45, 2.75) is 6.92 Å². The Morgan fingerprint density at radius 1 is 0.958 bits per heavy atom. The fraction of sp³-hybridized carbons (Fsp3) is 0.100. The highest BCUT2D eigenvalue weighted by atomic mass is 32.4. The van der Waals surface area contributed by atoms with Gasteiger partial charge in [0.25, 0.3) is 0 Å². The number of hydrogen-bond donors (Lipinski definition) is 0. The van der Waals surface area contributed by atoms with E-state index in [9.17, 15) is 4.79 Å². The number of carbonyl (C=O) groups is 1. The molecule has 2 nitrogen and oxygen atoms in total. The summed E-state index contributed by atoms with van der Waals surface area (Å²) in [4.78, 5) is 11.2. The zero-order valence-electron chi connectivity index (χ0n) is 13.4. The first kappa shape index (κ1) is 17.4. The zero-order valence-corrected chi connectivity index (χ0v) is 15.1. The smallest absolute Gasteiger partial charge is 0.302 e. The van der Waals surface area contributed by atoms with Crippen LogP contribution in [0.5, 0.6) is 0 Å². The van der Waals surface area contributed by atoms with Gasteiger partial charge in [-0.2, -0.15) is 0 Å². The van der Waals surface area contributed by atoms with E-state index in [0.29, 0.717) is 0 Å². The lowest BCUT2D eigenvalue weighted by Crippen LogP contribution is -2.24. The Morgan fingerprint density at radius 2 is 1.50 bits per heavy atom. The molecule has 1 aliphatic rings. The average molecular weight is 353 g/mol. The van der Waals surface area contributed by atoms with Gasteiger partial charge in [0.05, 0.1) is 6.61 Å².